The van der Waals surface area contributed by atoms with Crippen LogP contribution in [0.25, 0.3) is 10.9 Å². The normalized spacial score (nSPS) is 16.8. The average molecular weight is 243 g/mol. The first-order valence-electron chi connectivity index (χ1n) is 6.22. The van der Waals surface area contributed by atoms with E-state index >= 15 is 0 Å². The Morgan fingerprint density at radius 2 is 2.17 bits per heavy atom. The lowest BCUT2D eigenvalue weighted by Crippen LogP contribution is -2.38. The Morgan fingerprint density at radius 3 is 2.83 bits per heavy atom. The van der Waals surface area contributed by atoms with Gasteiger partial charge in [-0.15, -0.1) is 0 Å². The third-order valence-corrected chi connectivity index (χ3v) is 3.93. The van der Waals surface area contributed by atoms with Crippen LogP contribution < -0.4 is 10.6 Å². The number of aromatic nitrogens is 1. The van der Waals surface area contributed by atoms with Gasteiger partial charge < -0.3 is 15.6 Å². The van der Waals surface area contributed by atoms with Crippen molar-refractivity contribution in [2.75, 3.05) is 18.5 Å². The summed E-state index contributed by atoms with van der Waals surface area (Å²) in [6, 6.07) is 7.99. The molecule has 4 nitrogen and oxygen atoms in total. The molecule has 0 aliphatic heterocycles. The van der Waals surface area contributed by atoms with Crippen LogP contribution in [0.5, 0.6) is 0 Å². The zero-order chi connectivity index (χ0) is 12.8. The molecule has 4 heteroatoms. The van der Waals surface area contributed by atoms with E-state index in [4.69, 9.17) is 5.73 Å². The third-order valence-electron chi connectivity index (χ3n) is 3.93. The number of nitrogens with zero attached hydrogens (tertiary/aromatic N) is 1. The van der Waals surface area contributed by atoms with Gasteiger partial charge in [0.1, 0.15) is 0 Å². The van der Waals surface area contributed by atoms with Crippen molar-refractivity contribution >= 4 is 22.5 Å². The second-order valence-electron chi connectivity index (χ2n) is 5.07. The van der Waals surface area contributed by atoms with Crippen LogP contribution in [-0.2, 0) is 4.79 Å². The zero-order valence-electron chi connectivity index (χ0n) is 10.4. The molecule has 0 atom stereocenters. The summed E-state index contributed by atoms with van der Waals surface area (Å²) in [5.74, 6) is 0.134. The lowest BCUT2D eigenvalue weighted by molar-refractivity contribution is -0.123. The predicted octanol–water partition coefficient (Wildman–Crippen LogP) is 1.87. The van der Waals surface area contributed by atoms with Crippen molar-refractivity contribution in [2.24, 2.45) is 11.1 Å². The number of amides is 1. The van der Waals surface area contributed by atoms with Gasteiger partial charge in [-0.25, -0.2) is 0 Å². The van der Waals surface area contributed by atoms with Gasteiger partial charge in [0.25, 0.3) is 0 Å². The van der Waals surface area contributed by atoms with Gasteiger partial charge in [-0.2, -0.15) is 0 Å². The largest absolute Gasteiger partial charge is 0.359 e. The minimum atomic E-state index is -0.298. The number of nitrogens with one attached hydrogen (secondary N) is 1. The number of carbonyl (C=O) groups is 1. The van der Waals surface area contributed by atoms with Gasteiger partial charge in [-0.1, -0.05) is 18.2 Å². The second-order valence-corrected chi connectivity index (χ2v) is 5.07. The molecule has 0 radical (unpaired) electrons. The van der Waals surface area contributed by atoms with Gasteiger partial charge in [0.15, 0.2) is 0 Å². The summed E-state index contributed by atoms with van der Waals surface area (Å²) in [6.07, 6.45) is 3.71. The SMILES string of the molecule is CN(C(=O)C1(CN)CC1)c1c[nH]c2ccccc12. The molecule has 0 bridgehead atoms. The summed E-state index contributed by atoms with van der Waals surface area (Å²) in [4.78, 5) is 17.4. The van der Waals surface area contributed by atoms with Crippen LogP contribution in [0.1, 0.15) is 12.8 Å². The Labute approximate surface area is 106 Å². The molecular weight excluding hydrogens is 226 g/mol. The molecule has 94 valence electrons. The van der Waals surface area contributed by atoms with E-state index in [1.807, 2.05) is 37.5 Å². The first-order valence-corrected chi connectivity index (χ1v) is 6.22. The standard InChI is InChI=1S/C14H17N3O/c1-17(13(18)14(9-15)6-7-14)12-8-16-11-5-3-2-4-10(11)12/h2-5,8,16H,6-7,9,15H2,1H3. The number of hydrogen-bond acceptors (Lipinski definition) is 2. The quantitative estimate of drug-likeness (QED) is 0.864. The number of hydrogen-bond donors (Lipinski definition) is 2. The van der Waals surface area contributed by atoms with E-state index in [9.17, 15) is 4.79 Å². The number of aromatic amines is 1. The molecule has 0 saturated heterocycles. The summed E-state index contributed by atoms with van der Waals surface area (Å²) in [5.41, 5.74) is 7.39. The highest BCUT2D eigenvalue weighted by Gasteiger charge is 2.50. The minimum absolute atomic E-state index is 0.134. The predicted molar refractivity (Wildman–Crippen MR) is 72.4 cm³/mol. The van der Waals surface area contributed by atoms with Crippen LogP contribution in [0.4, 0.5) is 5.69 Å². The number of H-pyrrole nitrogens is 1. The van der Waals surface area contributed by atoms with Gasteiger partial charge in [-0.3, -0.25) is 4.79 Å². The monoisotopic (exact) mass is 243 g/mol. The second kappa shape index (κ2) is 3.85. The fourth-order valence-corrected chi connectivity index (χ4v) is 2.46. The molecular formula is C14H17N3O. The van der Waals surface area contributed by atoms with E-state index in [0.717, 1.165) is 29.4 Å². The maximum absolute atomic E-state index is 12.4. The molecule has 18 heavy (non-hydrogen) atoms. The maximum atomic E-state index is 12.4. The lowest BCUT2D eigenvalue weighted by Gasteiger charge is -2.21. The number of anilines is 1. The number of fused-ring (bicyclic) bond motifs is 1. The molecule has 1 fully saturated rings. The highest BCUT2D eigenvalue weighted by molar-refractivity contribution is 6.06. The first-order chi connectivity index (χ1) is 8.68. The van der Waals surface area contributed by atoms with Gasteiger partial charge in [0, 0.05) is 30.7 Å². The molecule has 1 amide bonds. The molecule has 3 N–H and O–H groups in total. The van der Waals surface area contributed by atoms with Crippen molar-refractivity contribution in [3.63, 3.8) is 0 Å². The first kappa shape index (κ1) is 11.3. The van der Waals surface area contributed by atoms with Crippen molar-refractivity contribution in [2.45, 2.75) is 12.8 Å². The van der Waals surface area contributed by atoms with Gasteiger partial charge in [0.05, 0.1) is 11.1 Å². The topological polar surface area (TPSA) is 62.1 Å². The van der Waals surface area contributed by atoms with Crippen molar-refractivity contribution in [3.05, 3.63) is 30.5 Å². The Hall–Kier alpha value is -1.81. The summed E-state index contributed by atoms with van der Waals surface area (Å²) in [6.45, 7) is 0.443. The highest BCUT2D eigenvalue weighted by atomic mass is 16.2. The molecule has 1 saturated carbocycles. The van der Waals surface area contributed by atoms with Gasteiger partial charge in [-0.05, 0) is 18.9 Å². The fraction of sp³-hybridized carbons (Fsp3) is 0.357. The van der Waals surface area contributed by atoms with E-state index in [2.05, 4.69) is 4.98 Å². The summed E-state index contributed by atoms with van der Waals surface area (Å²) >= 11 is 0. The lowest BCUT2D eigenvalue weighted by atomic mass is 10.1. The number of para-hydroxylation sites is 1. The zero-order valence-corrected chi connectivity index (χ0v) is 10.4. The Kier molecular flexibility index (Phi) is 2.41. The van der Waals surface area contributed by atoms with Crippen LogP contribution in [0.3, 0.4) is 0 Å². The number of carbonyl (C=O) groups excluding carboxylic acids is 1. The third kappa shape index (κ3) is 1.53. The van der Waals surface area contributed by atoms with Crippen molar-refractivity contribution in [1.29, 1.82) is 0 Å². The van der Waals surface area contributed by atoms with E-state index in [1.54, 1.807) is 4.90 Å². The van der Waals surface area contributed by atoms with Crippen LogP contribution >= 0.6 is 0 Å². The fourth-order valence-electron chi connectivity index (χ4n) is 2.46. The van der Waals surface area contributed by atoms with Gasteiger partial charge >= 0.3 is 0 Å². The molecule has 0 spiro atoms. The number of rotatable bonds is 3. The molecule has 2 aromatic rings. The van der Waals surface area contributed by atoms with E-state index in [-0.39, 0.29) is 11.3 Å². The van der Waals surface area contributed by atoms with Crippen LogP contribution in [-0.4, -0.2) is 24.5 Å². The van der Waals surface area contributed by atoms with E-state index in [0.29, 0.717) is 6.54 Å². The van der Waals surface area contributed by atoms with E-state index in [1.165, 1.54) is 0 Å². The van der Waals surface area contributed by atoms with Crippen LogP contribution in [0, 0.1) is 5.41 Å². The van der Waals surface area contributed by atoms with Crippen molar-refractivity contribution in [3.8, 4) is 0 Å². The van der Waals surface area contributed by atoms with Crippen molar-refractivity contribution < 1.29 is 4.79 Å². The number of nitrogens with two attached hydrogens (primary N) is 1. The molecule has 1 aromatic carbocycles. The molecule has 1 heterocycles. The molecule has 1 aromatic heterocycles. The molecule has 3 rings (SSSR count). The maximum Gasteiger partial charge on any atom is 0.234 e. The molecule has 1 aliphatic rings. The van der Waals surface area contributed by atoms with Gasteiger partial charge in [0.2, 0.25) is 5.91 Å². The minimum Gasteiger partial charge on any atom is -0.359 e. The number of benzene rings is 1. The smallest absolute Gasteiger partial charge is 0.234 e. The Balaban J connectivity index is 1.97. The van der Waals surface area contributed by atoms with Crippen molar-refractivity contribution in [1.82, 2.24) is 4.98 Å². The average Bonchev–Trinajstić information content (AvgIpc) is 3.10. The van der Waals surface area contributed by atoms with Crippen LogP contribution in [0.15, 0.2) is 30.5 Å². The Bertz CT molecular complexity index is 598. The van der Waals surface area contributed by atoms with Crippen LogP contribution in [0.2, 0.25) is 0 Å². The highest BCUT2D eigenvalue weighted by Crippen LogP contribution is 2.46. The summed E-state index contributed by atoms with van der Waals surface area (Å²) in [7, 11) is 1.83. The molecule has 0 unspecified atom stereocenters. The van der Waals surface area contributed by atoms with E-state index < -0.39 is 0 Å². The molecule has 1 aliphatic carbocycles. The summed E-state index contributed by atoms with van der Waals surface area (Å²) < 4.78 is 0. The summed E-state index contributed by atoms with van der Waals surface area (Å²) in [5, 5.41) is 1.07. The Morgan fingerprint density at radius 1 is 1.44 bits per heavy atom.